The molecule has 0 aliphatic heterocycles. The lowest BCUT2D eigenvalue weighted by Gasteiger charge is -2.19. The van der Waals surface area contributed by atoms with Crippen molar-refractivity contribution in [2.45, 2.75) is 32.9 Å². The van der Waals surface area contributed by atoms with E-state index in [1.165, 1.54) is 6.33 Å². The van der Waals surface area contributed by atoms with E-state index in [-0.39, 0.29) is 5.54 Å². The minimum atomic E-state index is -0.157. The van der Waals surface area contributed by atoms with Crippen LogP contribution in [0.4, 0.5) is 5.82 Å². The van der Waals surface area contributed by atoms with E-state index in [2.05, 4.69) is 61.3 Å². The lowest BCUT2D eigenvalue weighted by Crippen LogP contribution is -2.23. The van der Waals surface area contributed by atoms with E-state index in [1.807, 2.05) is 22.9 Å². The molecule has 4 aromatic heterocycles. The van der Waals surface area contributed by atoms with Crippen LogP contribution >= 0.6 is 0 Å². The molecule has 9 nitrogen and oxygen atoms in total. The summed E-state index contributed by atoms with van der Waals surface area (Å²) in [4.78, 5) is 17.4. The van der Waals surface area contributed by atoms with Crippen molar-refractivity contribution in [1.82, 2.24) is 39.9 Å². The van der Waals surface area contributed by atoms with Gasteiger partial charge in [-0.25, -0.2) is 19.6 Å². The number of H-pyrrole nitrogens is 1. The summed E-state index contributed by atoms with van der Waals surface area (Å²) in [6.07, 6.45) is 5.03. The first-order chi connectivity index (χ1) is 12.5. The summed E-state index contributed by atoms with van der Waals surface area (Å²) in [5, 5.41) is 15.7. The highest BCUT2D eigenvalue weighted by molar-refractivity contribution is 5.86. The van der Waals surface area contributed by atoms with Crippen molar-refractivity contribution in [2.24, 2.45) is 0 Å². The van der Waals surface area contributed by atoms with Gasteiger partial charge in [-0.1, -0.05) is 6.07 Å². The minimum Gasteiger partial charge on any atom is -0.362 e. The second-order valence-corrected chi connectivity index (χ2v) is 6.86. The summed E-state index contributed by atoms with van der Waals surface area (Å²) in [6, 6.07) is 5.63. The van der Waals surface area contributed by atoms with Crippen molar-refractivity contribution in [2.75, 3.05) is 5.32 Å². The molecule has 0 radical (unpaired) electrons. The van der Waals surface area contributed by atoms with Crippen molar-refractivity contribution in [3.63, 3.8) is 0 Å². The summed E-state index contributed by atoms with van der Waals surface area (Å²) in [5.41, 5.74) is 1.36. The van der Waals surface area contributed by atoms with E-state index in [0.717, 1.165) is 16.7 Å². The maximum absolute atomic E-state index is 4.46. The van der Waals surface area contributed by atoms with Gasteiger partial charge in [0.15, 0.2) is 11.5 Å². The second-order valence-electron chi connectivity index (χ2n) is 6.86. The number of rotatable bonds is 4. The van der Waals surface area contributed by atoms with Gasteiger partial charge in [0.2, 0.25) is 0 Å². The molecule has 0 aliphatic carbocycles. The topological polar surface area (TPSA) is 110 Å². The number of fused-ring (bicyclic) bond motifs is 1. The zero-order valence-corrected chi connectivity index (χ0v) is 14.8. The summed E-state index contributed by atoms with van der Waals surface area (Å²) in [6.45, 7) is 6.71. The molecule has 0 bridgehead atoms. The molecule has 9 heteroatoms. The van der Waals surface area contributed by atoms with Gasteiger partial charge in [0.1, 0.15) is 23.7 Å². The molecule has 4 aromatic rings. The van der Waals surface area contributed by atoms with E-state index in [4.69, 9.17) is 0 Å². The Morgan fingerprint density at radius 1 is 1.15 bits per heavy atom. The first kappa shape index (κ1) is 16.1. The number of hydrogen-bond acceptors (Lipinski definition) is 7. The van der Waals surface area contributed by atoms with Crippen LogP contribution in [-0.4, -0.2) is 39.9 Å². The first-order valence-corrected chi connectivity index (χ1v) is 8.28. The largest absolute Gasteiger partial charge is 0.362 e. The Labute approximate surface area is 149 Å². The number of aromatic amines is 1. The third-order valence-corrected chi connectivity index (χ3v) is 3.85. The van der Waals surface area contributed by atoms with Gasteiger partial charge in [0.05, 0.1) is 23.7 Å². The molecule has 4 heterocycles. The fourth-order valence-corrected chi connectivity index (χ4v) is 2.63. The highest BCUT2D eigenvalue weighted by Crippen LogP contribution is 2.24. The lowest BCUT2D eigenvalue weighted by molar-refractivity contribution is 0.366. The average molecular weight is 349 g/mol. The molecule has 0 unspecified atom stereocenters. The number of nitrogens with zero attached hydrogens (tertiary/aromatic N) is 7. The Balaban J connectivity index is 1.56. The van der Waals surface area contributed by atoms with Gasteiger partial charge in [-0.15, -0.1) is 0 Å². The van der Waals surface area contributed by atoms with Gasteiger partial charge < -0.3 is 5.32 Å². The smallest absolute Gasteiger partial charge is 0.199 e. The summed E-state index contributed by atoms with van der Waals surface area (Å²) in [5.74, 6) is 1.97. The summed E-state index contributed by atoms with van der Waals surface area (Å²) >= 11 is 0. The standard InChI is InChI=1S/C17H19N9/c1-17(2,3)26-16-11(8-22-26)14(20-10-21-16)19-9-13-23-15(25-24-13)12-6-4-5-7-18-12/h4-8,10H,9H2,1-3H3,(H,19,20,21)(H,23,24,25). The van der Waals surface area contributed by atoms with Gasteiger partial charge in [-0.05, 0) is 32.9 Å². The summed E-state index contributed by atoms with van der Waals surface area (Å²) < 4.78 is 1.89. The molecule has 0 saturated heterocycles. The van der Waals surface area contributed by atoms with Crippen LogP contribution in [0.15, 0.2) is 36.9 Å². The summed E-state index contributed by atoms with van der Waals surface area (Å²) in [7, 11) is 0. The van der Waals surface area contributed by atoms with Crippen molar-refractivity contribution in [3.05, 3.63) is 42.7 Å². The van der Waals surface area contributed by atoms with E-state index in [0.29, 0.717) is 24.0 Å². The van der Waals surface area contributed by atoms with Gasteiger partial charge >= 0.3 is 0 Å². The van der Waals surface area contributed by atoms with E-state index in [1.54, 1.807) is 12.4 Å². The molecule has 2 N–H and O–H groups in total. The fourth-order valence-electron chi connectivity index (χ4n) is 2.63. The highest BCUT2D eigenvalue weighted by atomic mass is 15.3. The third-order valence-electron chi connectivity index (χ3n) is 3.85. The Morgan fingerprint density at radius 2 is 2.04 bits per heavy atom. The molecule has 0 saturated carbocycles. The molecule has 0 amide bonds. The Morgan fingerprint density at radius 3 is 2.81 bits per heavy atom. The van der Waals surface area contributed by atoms with Crippen molar-refractivity contribution in [3.8, 4) is 11.5 Å². The van der Waals surface area contributed by atoms with Crippen LogP contribution in [0.5, 0.6) is 0 Å². The van der Waals surface area contributed by atoms with Crippen LogP contribution in [0.3, 0.4) is 0 Å². The first-order valence-electron chi connectivity index (χ1n) is 8.28. The van der Waals surface area contributed by atoms with Gasteiger partial charge in [0, 0.05) is 6.20 Å². The maximum atomic E-state index is 4.46. The molecule has 0 aromatic carbocycles. The third kappa shape index (κ3) is 2.99. The predicted octanol–water partition coefficient (Wildman–Crippen LogP) is 2.37. The van der Waals surface area contributed by atoms with Crippen LogP contribution in [-0.2, 0) is 12.1 Å². The average Bonchev–Trinajstić information content (AvgIpc) is 3.27. The molecular weight excluding hydrogens is 330 g/mol. The highest BCUT2D eigenvalue weighted by Gasteiger charge is 2.19. The van der Waals surface area contributed by atoms with Crippen LogP contribution in [0.2, 0.25) is 0 Å². The Hall–Kier alpha value is -3.36. The van der Waals surface area contributed by atoms with Crippen LogP contribution in [0.25, 0.3) is 22.6 Å². The number of nitrogens with one attached hydrogen (secondary N) is 2. The molecule has 4 rings (SSSR count). The van der Waals surface area contributed by atoms with Crippen molar-refractivity contribution >= 4 is 16.9 Å². The van der Waals surface area contributed by atoms with E-state index < -0.39 is 0 Å². The van der Waals surface area contributed by atoms with Gasteiger partial charge in [-0.3, -0.25) is 10.1 Å². The lowest BCUT2D eigenvalue weighted by atomic mass is 10.1. The maximum Gasteiger partial charge on any atom is 0.199 e. The van der Waals surface area contributed by atoms with Crippen molar-refractivity contribution in [1.29, 1.82) is 0 Å². The van der Waals surface area contributed by atoms with Gasteiger partial charge in [0.25, 0.3) is 0 Å². The normalized spacial score (nSPS) is 11.8. The fraction of sp³-hybridized carbons (Fsp3) is 0.294. The minimum absolute atomic E-state index is 0.157. The van der Waals surface area contributed by atoms with Crippen LogP contribution < -0.4 is 5.32 Å². The Bertz CT molecular complexity index is 1030. The number of aromatic nitrogens is 8. The molecular formula is C17H19N9. The molecule has 26 heavy (non-hydrogen) atoms. The van der Waals surface area contributed by atoms with Crippen molar-refractivity contribution < 1.29 is 0 Å². The molecule has 0 aliphatic rings. The van der Waals surface area contributed by atoms with Crippen LogP contribution in [0.1, 0.15) is 26.6 Å². The number of anilines is 1. The zero-order chi connectivity index (χ0) is 18.1. The second kappa shape index (κ2) is 6.17. The monoisotopic (exact) mass is 349 g/mol. The number of hydrogen-bond donors (Lipinski definition) is 2. The molecule has 0 fully saturated rings. The van der Waals surface area contributed by atoms with Gasteiger partial charge in [-0.2, -0.15) is 10.2 Å². The SMILES string of the molecule is CC(C)(C)n1ncc2c(NCc3nc(-c4ccccn4)n[nH]3)ncnc21. The molecule has 0 spiro atoms. The zero-order valence-electron chi connectivity index (χ0n) is 14.8. The quantitative estimate of drug-likeness (QED) is 0.582. The molecule has 0 atom stereocenters. The Kier molecular flexibility index (Phi) is 3.83. The predicted molar refractivity (Wildman–Crippen MR) is 97.3 cm³/mol. The molecule has 132 valence electrons. The van der Waals surface area contributed by atoms with E-state index >= 15 is 0 Å². The van der Waals surface area contributed by atoms with E-state index in [9.17, 15) is 0 Å². The van der Waals surface area contributed by atoms with Crippen LogP contribution in [0, 0.1) is 0 Å². The number of pyridine rings is 1.